The van der Waals surface area contributed by atoms with Crippen molar-refractivity contribution in [3.63, 3.8) is 0 Å². The van der Waals surface area contributed by atoms with Gasteiger partial charge >= 0.3 is 5.97 Å². The van der Waals surface area contributed by atoms with Gasteiger partial charge in [-0.25, -0.2) is 0 Å². The SMILES string of the molecule is CC(C)=O.CCCCCC1CCCC1=O.CCCCCCCCC1CCC(=O)O1. The summed E-state index contributed by atoms with van der Waals surface area (Å²) in [6, 6.07) is 0. The summed E-state index contributed by atoms with van der Waals surface area (Å²) < 4.78 is 5.15. The van der Waals surface area contributed by atoms with E-state index in [1.54, 1.807) is 0 Å². The van der Waals surface area contributed by atoms with Crippen molar-refractivity contribution in [1.29, 1.82) is 0 Å². The van der Waals surface area contributed by atoms with Gasteiger partial charge in [0.1, 0.15) is 17.7 Å². The van der Waals surface area contributed by atoms with Crippen LogP contribution in [0.1, 0.15) is 130 Å². The molecular weight excluding hydrogens is 364 g/mol. The lowest BCUT2D eigenvalue weighted by atomic mass is 9.99. The standard InChI is InChI=1S/C12H22O2.C10H18O.C3H6O/c1-2-3-4-5-6-7-8-11-9-10-12(13)14-11;1-2-3-4-6-9-7-5-8-10(9)11;1-3(2)4/h11H,2-10H2,1H3;9H,2-8H2,1H3;1-2H3. The molecule has 1 heterocycles. The van der Waals surface area contributed by atoms with E-state index in [-0.39, 0.29) is 17.9 Å². The van der Waals surface area contributed by atoms with Crippen LogP contribution in [0.2, 0.25) is 0 Å². The fourth-order valence-electron chi connectivity index (χ4n) is 3.77. The molecule has 0 N–H and O–H groups in total. The molecule has 0 aromatic heterocycles. The lowest BCUT2D eigenvalue weighted by molar-refractivity contribution is -0.141. The summed E-state index contributed by atoms with van der Waals surface area (Å²) in [5.74, 6) is 1.14. The predicted octanol–water partition coefficient (Wildman–Crippen LogP) is 6.97. The van der Waals surface area contributed by atoms with Gasteiger partial charge in [0.05, 0.1) is 0 Å². The molecule has 0 spiro atoms. The van der Waals surface area contributed by atoms with Gasteiger partial charge in [-0.05, 0) is 52.4 Å². The Kier molecular flexibility index (Phi) is 18.0. The number of hydrogen-bond acceptors (Lipinski definition) is 4. The summed E-state index contributed by atoms with van der Waals surface area (Å²) in [5, 5.41) is 0. The van der Waals surface area contributed by atoms with E-state index in [1.165, 1.54) is 78.1 Å². The van der Waals surface area contributed by atoms with E-state index in [0.717, 1.165) is 32.1 Å². The molecule has 1 saturated carbocycles. The second-order valence-corrected chi connectivity index (χ2v) is 8.67. The first kappa shape index (κ1) is 27.8. The van der Waals surface area contributed by atoms with Gasteiger partial charge in [-0.1, -0.05) is 65.2 Å². The van der Waals surface area contributed by atoms with Gasteiger partial charge in [0.2, 0.25) is 0 Å². The summed E-state index contributed by atoms with van der Waals surface area (Å²) in [4.78, 5) is 31.4. The van der Waals surface area contributed by atoms with Crippen LogP contribution in [-0.4, -0.2) is 23.6 Å². The number of ketones is 2. The van der Waals surface area contributed by atoms with E-state index < -0.39 is 0 Å². The topological polar surface area (TPSA) is 60.4 Å². The van der Waals surface area contributed by atoms with Crippen molar-refractivity contribution in [2.24, 2.45) is 5.92 Å². The molecule has 2 unspecified atom stereocenters. The van der Waals surface area contributed by atoms with Crippen LogP contribution in [0.3, 0.4) is 0 Å². The van der Waals surface area contributed by atoms with E-state index in [9.17, 15) is 14.4 Å². The average Bonchev–Trinajstić information content (AvgIpc) is 3.27. The first-order valence-corrected chi connectivity index (χ1v) is 12.1. The molecule has 2 fully saturated rings. The maximum Gasteiger partial charge on any atom is 0.306 e. The molecule has 1 aliphatic carbocycles. The van der Waals surface area contributed by atoms with Gasteiger partial charge in [-0.2, -0.15) is 0 Å². The van der Waals surface area contributed by atoms with Crippen LogP contribution in [0.4, 0.5) is 0 Å². The van der Waals surface area contributed by atoms with Crippen LogP contribution in [0, 0.1) is 5.92 Å². The first-order chi connectivity index (χ1) is 13.9. The third-order valence-electron chi connectivity index (χ3n) is 5.44. The van der Waals surface area contributed by atoms with Crippen molar-refractivity contribution >= 4 is 17.5 Å². The van der Waals surface area contributed by atoms with E-state index in [0.29, 0.717) is 18.1 Å². The van der Waals surface area contributed by atoms with Gasteiger partial charge in [-0.3, -0.25) is 9.59 Å². The van der Waals surface area contributed by atoms with E-state index in [1.807, 2.05) is 0 Å². The maximum atomic E-state index is 11.2. The lowest BCUT2D eigenvalue weighted by Crippen LogP contribution is -2.06. The fraction of sp³-hybridized carbons (Fsp3) is 0.880. The number of hydrogen-bond donors (Lipinski definition) is 0. The van der Waals surface area contributed by atoms with E-state index >= 15 is 0 Å². The van der Waals surface area contributed by atoms with Gasteiger partial charge in [0, 0.05) is 18.8 Å². The number of carbonyl (C=O) groups is 3. The van der Waals surface area contributed by atoms with Crippen molar-refractivity contribution < 1.29 is 19.1 Å². The Balaban J connectivity index is 0.000000466. The van der Waals surface area contributed by atoms with Crippen molar-refractivity contribution in [2.75, 3.05) is 0 Å². The number of unbranched alkanes of at least 4 members (excludes halogenated alkanes) is 7. The highest BCUT2D eigenvalue weighted by Gasteiger charge is 2.23. The van der Waals surface area contributed by atoms with Gasteiger partial charge < -0.3 is 9.53 Å². The minimum Gasteiger partial charge on any atom is -0.462 e. The zero-order chi connectivity index (χ0) is 21.9. The number of esters is 1. The van der Waals surface area contributed by atoms with Crippen LogP contribution in [-0.2, 0) is 19.1 Å². The largest absolute Gasteiger partial charge is 0.462 e. The molecule has 2 rings (SSSR count). The Morgan fingerprint density at radius 2 is 1.38 bits per heavy atom. The highest BCUT2D eigenvalue weighted by atomic mass is 16.5. The van der Waals surface area contributed by atoms with Crippen molar-refractivity contribution in [3.05, 3.63) is 0 Å². The fourth-order valence-corrected chi connectivity index (χ4v) is 3.77. The molecule has 29 heavy (non-hydrogen) atoms. The summed E-state index contributed by atoms with van der Waals surface area (Å²) in [5.41, 5.74) is 0. The van der Waals surface area contributed by atoms with Crippen LogP contribution >= 0.6 is 0 Å². The predicted molar refractivity (Wildman–Crippen MR) is 120 cm³/mol. The van der Waals surface area contributed by atoms with Gasteiger partial charge in [0.25, 0.3) is 0 Å². The Hall–Kier alpha value is -1.19. The lowest BCUT2D eigenvalue weighted by Gasteiger charge is -2.07. The summed E-state index contributed by atoms with van der Waals surface area (Å²) in [6.07, 6.45) is 19.0. The minimum absolute atomic E-state index is 0.000910. The Labute approximate surface area is 179 Å². The zero-order valence-corrected chi connectivity index (χ0v) is 19.6. The molecule has 0 aromatic carbocycles. The van der Waals surface area contributed by atoms with Gasteiger partial charge in [0.15, 0.2) is 0 Å². The van der Waals surface area contributed by atoms with Crippen molar-refractivity contribution in [2.45, 2.75) is 137 Å². The Morgan fingerprint density at radius 3 is 1.90 bits per heavy atom. The summed E-state index contributed by atoms with van der Waals surface area (Å²) >= 11 is 0. The molecule has 1 saturated heterocycles. The molecule has 0 aromatic rings. The quantitative estimate of drug-likeness (QED) is 0.272. The molecule has 0 amide bonds. The Morgan fingerprint density at radius 1 is 0.828 bits per heavy atom. The molecule has 4 heteroatoms. The van der Waals surface area contributed by atoms with Crippen LogP contribution in [0.5, 0.6) is 0 Å². The number of ether oxygens (including phenoxy) is 1. The molecule has 4 nitrogen and oxygen atoms in total. The minimum atomic E-state index is 0.000910. The smallest absolute Gasteiger partial charge is 0.306 e. The van der Waals surface area contributed by atoms with Crippen LogP contribution in [0.15, 0.2) is 0 Å². The molecule has 2 aliphatic rings. The number of carbonyl (C=O) groups excluding carboxylic acids is 3. The normalized spacial score (nSPS) is 20.4. The first-order valence-electron chi connectivity index (χ1n) is 12.1. The van der Waals surface area contributed by atoms with E-state index in [4.69, 9.17) is 4.74 Å². The zero-order valence-electron chi connectivity index (χ0n) is 19.6. The Bertz CT molecular complexity index is 440. The van der Waals surface area contributed by atoms with E-state index in [2.05, 4.69) is 13.8 Å². The number of cyclic esters (lactones) is 1. The number of Topliss-reactive ketones (excluding diaryl/α,β-unsaturated/α-hetero) is 2. The van der Waals surface area contributed by atoms with Crippen molar-refractivity contribution in [3.8, 4) is 0 Å². The van der Waals surface area contributed by atoms with Crippen molar-refractivity contribution in [1.82, 2.24) is 0 Å². The molecular formula is C25H46O4. The second-order valence-electron chi connectivity index (χ2n) is 8.67. The third kappa shape index (κ3) is 17.4. The average molecular weight is 411 g/mol. The third-order valence-corrected chi connectivity index (χ3v) is 5.44. The van der Waals surface area contributed by atoms with Gasteiger partial charge in [-0.15, -0.1) is 0 Å². The second kappa shape index (κ2) is 18.8. The highest BCUT2D eigenvalue weighted by molar-refractivity contribution is 5.82. The maximum absolute atomic E-state index is 11.2. The molecule has 0 bridgehead atoms. The van der Waals surface area contributed by atoms with Crippen LogP contribution < -0.4 is 0 Å². The molecule has 170 valence electrons. The molecule has 2 atom stereocenters. The molecule has 1 aliphatic heterocycles. The monoisotopic (exact) mass is 410 g/mol. The highest BCUT2D eigenvalue weighted by Crippen LogP contribution is 2.26. The molecule has 0 radical (unpaired) electrons. The van der Waals surface area contributed by atoms with Crippen LogP contribution in [0.25, 0.3) is 0 Å². The summed E-state index contributed by atoms with van der Waals surface area (Å²) in [6.45, 7) is 7.49. The number of rotatable bonds is 11. The summed E-state index contributed by atoms with van der Waals surface area (Å²) in [7, 11) is 0.